The monoisotopic (exact) mass is 700 g/mol. The van der Waals surface area contributed by atoms with Crippen LogP contribution in [0.25, 0.3) is 116 Å². The van der Waals surface area contributed by atoms with E-state index in [-0.39, 0.29) is 0 Å². The number of fused-ring (bicyclic) bond motifs is 18. The van der Waals surface area contributed by atoms with E-state index in [0.29, 0.717) is 0 Å². The molecule has 0 radical (unpaired) electrons. The number of nitrogens with zero attached hydrogens (tertiary/aromatic N) is 6. The molecule has 0 spiro atoms. The van der Waals surface area contributed by atoms with Gasteiger partial charge in [0, 0.05) is 26.9 Å². The fraction of sp³-hybridized carbons (Fsp3) is 0. The lowest BCUT2D eigenvalue weighted by Gasteiger charge is -2.14. The number of pyridine rings is 1. The van der Waals surface area contributed by atoms with Gasteiger partial charge in [-0.1, -0.05) is 109 Å². The van der Waals surface area contributed by atoms with Crippen LogP contribution in [0.2, 0.25) is 0 Å². The first-order chi connectivity index (χ1) is 27.3. The van der Waals surface area contributed by atoms with Gasteiger partial charge >= 0.3 is 0 Å². The molecule has 55 heavy (non-hydrogen) atoms. The average molecular weight is 701 g/mol. The maximum Gasteiger partial charge on any atom is 0.221 e. The van der Waals surface area contributed by atoms with Gasteiger partial charge in [0.05, 0.1) is 44.1 Å². The van der Waals surface area contributed by atoms with Crippen LogP contribution in [0.1, 0.15) is 0 Å². The smallest absolute Gasteiger partial charge is 0.221 e. The van der Waals surface area contributed by atoms with Crippen molar-refractivity contribution in [2.45, 2.75) is 0 Å². The molecule has 0 fully saturated rings. The van der Waals surface area contributed by atoms with E-state index in [2.05, 4.69) is 177 Å². The van der Waals surface area contributed by atoms with E-state index in [1.807, 2.05) is 6.07 Å². The highest BCUT2D eigenvalue weighted by Crippen LogP contribution is 2.40. The number of aromatic nitrogens is 6. The summed E-state index contributed by atoms with van der Waals surface area (Å²) in [7, 11) is 0. The van der Waals surface area contributed by atoms with Gasteiger partial charge in [0.25, 0.3) is 0 Å². The zero-order chi connectivity index (χ0) is 35.8. The summed E-state index contributed by atoms with van der Waals surface area (Å²) < 4.78 is 6.89. The summed E-state index contributed by atoms with van der Waals surface area (Å²) in [6.07, 6.45) is 0. The molecular formula is C49H28N6. The minimum atomic E-state index is 0.816. The lowest BCUT2D eigenvalue weighted by Crippen LogP contribution is -2.06. The number of rotatable bonds is 2. The molecule has 0 atom stereocenters. The number of hydrogen-bond acceptors (Lipinski definition) is 3. The average Bonchev–Trinajstić information content (AvgIpc) is 3.93. The van der Waals surface area contributed by atoms with Crippen LogP contribution < -0.4 is 0 Å². The van der Waals surface area contributed by atoms with Gasteiger partial charge in [0.15, 0.2) is 0 Å². The first-order valence-corrected chi connectivity index (χ1v) is 18.6. The van der Waals surface area contributed by atoms with Crippen LogP contribution in [-0.2, 0) is 0 Å². The maximum atomic E-state index is 5.40. The van der Waals surface area contributed by atoms with E-state index in [4.69, 9.17) is 15.0 Å². The molecule has 13 aromatic rings. The lowest BCUT2D eigenvalue weighted by molar-refractivity contribution is 0.979. The molecule has 6 nitrogen and oxygen atoms in total. The second kappa shape index (κ2) is 10.5. The van der Waals surface area contributed by atoms with Crippen LogP contribution in [0.5, 0.6) is 0 Å². The fourth-order valence-electron chi connectivity index (χ4n) is 9.14. The predicted molar refractivity (Wildman–Crippen MR) is 227 cm³/mol. The fourth-order valence-corrected chi connectivity index (χ4v) is 9.14. The Hall–Kier alpha value is -7.57. The molecule has 0 bridgehead atoms. The van der Waals surface area contributed by atoms with Crippen molar-refractivity contribution < 1.29 is 0 Å². The molecule has 13 rings (SSSR count). The van der Waals surface area contributed by atoms with Gasteiger partial charge in [-0.15, -0.1) is 0 Å². The normalized spacial score (nSPS) is 12.4. The molecule has 254 valence electrons. The van der Waals surface area contributed by atoms with E-state index < -0.39 is 0 Å². The Bertz CT molecular complexity index is 3790. The molecule has 6 heteroatoms. The molecule has 0 amide bonds. The molecule has 0 N–H and O–H groups in total. The summed E-state index contributed by atoms with van der Waals surface area (Å²) in [6.45, 7) is 0. The second-order valence-corrected chi connectivity index (χ2v) is 14.5. The van der Waals surface area contributed by atoms with Crippen molar-refractivity contribution in [3.8, 4) is 17.1 Å². The van der Waals surface area contributed by atoms with Gasteiger partial charge in [-0.2, -0.15) is 0 Å². The third-order valence-electron chi connectivity index (χ3n) is 11.6. The van der Waals surface area contributed by atoms with Crippen molar-refractivity contribution in [3.63, 3.8) is 0 Å². The minimum absolute atomic E-state index is 0.816. The second-order valence-electron chi connectivity index (χ2n) is 14.5. The Morgan fingerprint density at radius 2 is 0.927 bits per heavy atom. The molecule has 0 unspecified atom stereocenters. The van der Waals surface area contributed by atoms with Crippen molar-refractivity contribution in [2.75, 3.05) is 0 Å². The number of para-hydroxylation sites is 6. The summed E-state index contributed by atoms with van der Waals surface area (Å²) in [5.74, 6) is 0.816. The maximum absolute atomic E-state index is 5.40. The van der Waals surface area contributed by atoms with Crippen LogP contribution >= 0.6 is 0 Å². The van der Waals surface area contributed by atoms with E-state index in [9.17, 15) is 0 Å². The van der Waals surface area contributed by atoms with Crippen molar-refractivity contribution in [1.29, 1.82) is 0 Å². The van der Waals surface area contributed by atoms with Gasteiger partial charge in [-0.3, -0.25) is 13.4 Å². The highest BCUT2D eigenvalue weighted by atomic mass is 15.2. The molecule has 5 heterocycles. The molecule has 0 aliphatic carbocycles. The summed E-state index contributed by atoms with van der Waals surface area (Å²) in [5, 5.41) is 9.37. The number of benzene rings is 8. The highest BCUT2D eigenvalue weighted by molar-refractivity contribution is 6.23. The van der Waals surface area contributed by atoms with Crippen molar-refractivity contribution in [3.05, 3.63) is 170 Å². The van der Waals surface area contributed by atoms with Gasteiger partial charge in [-0.05, 0) is 87.9 Å². The largest absolute Gasteiger partial charge is 0.292 e. The Balaban J connectivity index is 1.13. The molecule has 0 aliphatic rings. The Kier molecular flexibility index (Phi) is 5.54. The summed E-state index contributed by atoms with van der Waals surface area (Å²) in [5.41, 5.74) is 12.5. The highest BCUT2D eigenvalue weighted by Gasteiger charge is 2.21. The first kappa shape index (κ1) is 28.9. The Labute approximate surface area is 312 Å². The standard InChI is InChI=1S/C49H28N6/c1-2-12-32-29(11-1)21-25-35-37-27-30(23-26-42(37)53-43-19-9-6-16-39(43)51-48(53)46(32)35)31-22-24-34-33-13-4-8-18-41(33)54(45(34)28-31)49-52-38-15-5-3-14-36(38)47-50-40-17-7-10-20-44(40)55(47)49/h1-28H. The molecule has 5 aromatic heterocycles. The third-order valence-corrected chi connectivity index (χ3v) is 11.6. The van der Waals surface area contributed by atoms with E-state index in [0.717, 1.165) is 77.9 Å². The van der Waals surface area contributed by atoms with E-state index >= 15 is 0 Å². The number of imidazole rings is 2. The lowest BCUT2D eigenvalue weighted by atomic mass is 9.96. The predicted octanol–water partition coefficient (Wildman–Crippen LogP) is 12.1. The van der Waals surface area contributed by atoms with Crippen LogP contribution in [0.4, 0.5) is 0 Å². The molecule has 8 aromatic carbocycles. The van der Waals surface area contributed by atoms with Crippen LogP contribution in [-0.4, -0.2) is 28.3 Å². The summed E-state index contributed by atoms with van der Waals surface area (Å²) in [6, 6.07) is 60.7. The zero-order valence-electron chi connectivity index (χ0n) is 29.3. The first-order valence-electron chi connectivity index (χ1n) is 18.6. The van der Waals surface area contributed by atoms with Crippen LogP contribution in [0.15, 0.2) is 170 Å². The molecular weight excluding hydrogens is 673 g/mol. The molecule has 0 aliphatic heterocycles. The quantitative estimate of drug-likeness (QED) is 0.169. The van der Waals surface area contributed by atoms with Crippen molar-refractivity contribution >= 4 is 98.5 Å². The molecule has 0 saturated carbocycles. The van der Waals surface area contributed by atoms with Crippen molar-refractivity contribution in [2.24, 2.45) is 0 Å². The molecule has 0 saturated heterocycles. The summed E-state index contributed by atoms with van der Waals surface area (Å²) >= 11 is 0. The van der Waals surface area contributed by atoms with Gasteiger partial charge in [-0.25, -0.2) is 15.0 Å². The van der Waals surface area contributed by atoms with Gasteiger partial charge < -0.3 is 0 Å². The summed E-state index contributed by atoms with van der Waals surface area (Å²) in [4.78, 5) is 15.8. The van der Waals surface area contributed by atoms with Gasteiger partial charge in [0.2, 0.25) is 5.95 Å². The number of hydrogen-bond donors (Lipinski definition) is 0. The van der Waals surface area contributed by atoms with Crippen molar-refractivity contribution in [1.82, 2.24) is 28.3 Å². The Morgan fingerprint density at radius 1 is 0.327 bits per heavy atom. The topological polar surface area (TPSA) is 52.4 Å². The van der Waals surface area contributed by atoms with Gasteiger partial charge in [0.1, 0.15) is 11.3 Å². The SMILES string of the molecule is c1ccc2c(c1)ccc1c3cc(-c4ccc5c6ccccc6n(-c6nc7ccccc7c7nc8ccccc8n67)c5c4)ccc3n3c4ccccc4nc3c21. The van der Waals surface area contributed by atoms with Crippen LogP contribution in [0.3, 0.4) is 0 Å². The third kappa shape index (κ3) is 3.84. The Morgan fingerprint density at radius 3 is 1.76 bits per heavy atom. The minimum Gasteiger partial charge on any atom is -0.292 e. The van der Waals surface area contributed by atoms with E-state index in [1.54, 1.807) is 0 Å². The zero-order valence-corrected chi connectivity index (χ0v) is 29.3. The van der Waals surface area contributed by atoms with Crippen LogP contribution in [0, 0.1) is 0 Å². The van der Waals surface area contributed by atoms with E-state index in [1.165, 1.54) is 37.7 Å².